The van der Waals surface area contributed by atoms with Crippen LogP contribution in [0.25, 0.3) is 0 Å². The lowest BCUT2D eigenvalue weighted by atomic mass is 10.2. The molecule has 0 atom stereocenters. The third kappa shape index (κ3) is 3.30. The minimum absolute atomic E-state index is 0.465. The Kier molecular flexibility index (Phi) is 4.33. The number of hydrogen-bond donors (Lipinski definition) is 0. The van der Waals surface area contributed by atoms with Crippen molar-refractivity contribution in [2.75, 3.05) is 5.33 Å². The van der Waals surface area contributed by atoms with Crippen LogP contribution in [0.15, 0.2) is 12.1 Å². The van der Waals surface area contributed by atoms with Gasteiger partial charge in [0.15, 0.2) is 0 Å². The van der Waals surface area contributed by atoms with Crippen molar-refractivity contribution in [1.82, 2.24) is 4.98 Å². The fourth-order valence-electron chi connectivity index (χ4n) is 0.892. The smallest absolute Gasteiger partial charge is 0.130 e. The van der Waals surface area contributed by atoms with Gasteiger partial charge in [0, 0.05) is 16.0 Å². The van der Waals surface area contributed by atoms with Crippen molar-refractivity contribution in [1.29, 1.82) is 0 Å². The minimum atomic E-state index is 0.465. The van der Waals surface area contributed by atoms with Gasteiger partial charge < -0.3 is 0 Å². The van der Waals surface area contributed by atoms with Crippen LogP contribution in [0, 0.1) is 0 Å². The van der Waals surface area contributed by atoms with Crippen molar-refractivity contribution >= 4 is 39.1 Å². The largest absolute Gasteiger partial charge is 0.241 e. The first-order chi connectivity index (χ1) is 5.72. The average molecular weight is 269 g/mol. The van der Waals surface area contributed by atoms with E-state index in [9.17, 15) is 0 Å². The molecule has 1 heterocycles. The molecule has 1 nitrogen and oxygen atoms in total. The molecule has 0 fully saturated rings. The molecule has 0 amide bonds. The molecule has 0 aliphatic carbocycles. The van der Waals surface area contributed by atoms with Crippen molar-refractivity contribution in [3.8, 4) is 0 Å². The lowest BCUT2D eigenvalue weighted by Gasteiger charge is -1.99. The number of alkyl halides is 1. The predicted octanol–water partition coefficient (Wildman–Crippen LogP) is 3.72. The normalized spacial score (nSPS) is 10.2. The number of hydrogen-bond acceptors (Lipinski definition) is 1. The summed E-state index contributed by atoms with van der Waals surface area (Å²) >= 11 is 14.9. The second kappa shape index (κ2) is 5.05. The van der Waals surface area contributed by atoms with E-state index in [-0.39, 0.29) is 0 Å². The summed E-state index contributed by atoms with van der Waals surface area (Å²) in [6.45, 7) is 0. The summed E-state index contributed by atoms with van der Waals surface area (Å²) in [6.07, 6.45) is 1.95. The molecule has 0 N–H and O–H groups in total. The van der Waals surface area contributed by atoms with E-state index in [1.165, 1.54) is 0 Å². The van der Waals surface area contributed by atoms with Crippen molar-refractivity contribution in [2.45, 2.75) is 12.8 Å². The highest BCUT2D eigenvalue weighted by atomic mass is 79.9. The number of rotatable bonds is 3. The molecule has 4 heteroatoms. The Morgan fingerprint density at radius 1 is 1.33 bits per heavy atom. The first-order valence-corrected chi connectivity index (χ1v) is 5.48. The number of halogens is 3. The molecule has 12 heavy (non-hydrogen) atoms. The first-order valence-electron chi connectivity index (χ1n) is 3.60. The summed E-state index contributed by atoms with van der Waals surface area (Å²) in [5, 5.41) is 2.09. The molecule has 66 valence electrons. The molecule has 1 aromatic rings. The van der Waals surface area contributed by atoms with Gasteiger partial charge in [0.25, 0.3) is 0 Å². The van der Waals surface area contributed by atoms with Crippen LogP contribution >= 0.6 is 39.1 Å². The van der Waals surface area contributed by atoms with E-state index in [0.29, 0.717) is 10.2 Å². The quantitative estimate of drug-likeness (QED) is 0.602. The lowest BCUT2D eigenvalue weighted by Crippen LogP contribution is -1.90. The van der Waals surface area contributed by atoms with Crippen LogP contribution in [0.5, 0.6) is 0 Å². The van der Waals surface area contributed by atoms with Crippen molar-refractivity contribution in [3.63, 3.8) is 0 Å². The Labute approximate surface area is 90.2 Å². The molecule has 0 aliphatic heterocycles. The van der Waals surface area contributed by atoms with E-state index in [0.717, 1.165) is 23.9 Å². The number of aryl methyl sites for hydroxylation is 1. The van der Waals surface area contributed by atoms with Crippen LogP contribution in [0.2, 0.25) is 10.2 Å². The Morgan fingerprint density at radius 2 is 2.08 bits per heavy atom. The minimum Gasteiger partial charge on any atom is -0.241 e. The molecule has 0 radical (unpaired) electrons. The number of aromatic nitrogens is 1. The molecule has 1 rings (SSSR count). The third-order valence-corrected chi connectivity index (χ3v) is 2.35. The monoisotopic (exact) mass is 267 g/mol. The Hall–Kier alpha value is 0.210. The van der Waals surface area contributed by atoms with Crippen LogP contribution in [0.1, 0.15) is 12.1 Å². The lowest BCUT2D eigenvalue weighted by molar-refractivity contribution is 0.897. The topological polar surface area (TPSA) is 12.9 Å². The highest BCUT2D eigenvalue weighted by Gasteiger charge is 1.98. The van der Waals surface area contributed by atoms with E-state index in [1.54, 1.807) is 6.07 Å². The van der Waals surface area contributed by atoms with Gasteiger partial charge in [-0.05, 0) is 25.0 Å². The van der Waals surface area contributed by atoms with Gasteiger partial charge in [-0.2, -0.15) is 0 Å². The second-order valence-corrected chi connectivity index (χ2v) is 4.01. The first kappa shape index (κ1) is 10.3. The number of nitrogens with zero attached hydrogens (tertiary/aromatic N) is 1. The standard InChI is InChI=1S/C8H8BrCl2N/c9-3-1-2-7-4-6(10)5-8(11)12-7/h4-5H,1-3H2. The van der Waals surface area contributed by atoms with Crippen molar-refractivity contribution in [3.05, 3.63) is 28.0 Å². The zero-order chi connectivity index (χ0) is 8.97. The molecular weight excluding hydrogens is 261 g/mol. The Bertz CT molecular complexity index is 245. The highest BCUT2D eigenvalue weighted by Crippen LogP contribution is 2.16. The van der Waals surface area contributed by atoms with E-state index in [2.05, 4.69) is 20.9 Å². The fraction of sp³-hybridized carbons (Fsp3) is 0.375. The fourth-order valence-corrected chi connectivity index (χ4v) is 1.68. The summed E-state index contributed by atoms with van der Waals surface area (Å²) in [4.78, 5) is 4.13. The zero-order valence-corrected chi connectivity index (χ0v) is 9.45. The number of pyridine rings is 1. The molecule has 1 aromatic heterocycles. The van der Waals surface area contributed by atoms with Crippen LogP contribution in [0.4, 0.5) is 0 Å². The average Bonchev–Trinajstić information content (AvgIpc) is 1.99. The van der Waals surface area contributed by atoms with Gasteiger partial charge in [-0.15, -0.1) is 0 Å². The van der Waals surface area contributed by atoms with E-state index < -0.39 is 0 Å². The summed E-state index contributed by atoms with van der Waals surface area (Å²) in [5.41, 5.74) is 0.951. The van der Waals surface area contributed by atoms with Gasteiger partial charge in [-0.1, -0.05) is 39.1 Å². The van der Waals surface area contributed by atoms with Crippen LogP contribution in [-0.2, 0) is 6.42 Å². The second-order valence-electron chi connectivity index (χ2n) is 2.39. The van der Waals surface area contributed by atoms with Crippen LogP contribution in [0.3, 0.4) is 0 Å². The highest BCUT2D eigenvalue weighted by molar-refractivity contribution is 9.09. The molecule has 0 spiro atoms. The summed E-state index contributed by atoms with van der Waals surface area (Å²) in [5.74, 6) is 0. The summed E-state index contributed by atoms with van der Waals surface area (Å²) < 4.78 is 0. The van der Waals surface area contributed by atoms with E-state index >= 15 is 0 Å². The van der Waals surface area contributed by atoms with Gasteiger partial charge in [0.05, 0.1) is 0 Å². The SMILES string of the molecule is Clc1cc(Cl)nc(CCCBr)c1. The van der Waals surface area contributed by atoms with Gasteiger partial charge in [-0.25, -0.2) is 4.98 Å². The molecule has 0 aromatic carbocycles. The molecule has 0 bridgehead atoms. The molecule has 0 saturated carbocycles. The maximum absolute atomic E-state index is 5.79. The van der Waals surface area contributed by atoms with Crippen molar-refractivity contribution < 1.29 is 0 Å². The van der Waals surface area contributed by atoms with E-state index in [4.69, 9.17) is 23.2 Å². The van der Waals surface area contributed by atoms with Gasteiger partial charge in [0.1, 0.15) is 5.15 Å². The maximum Gasteiger partial charge on any atom is 0.130 e. The maximum atomic E-state index is 5.79. The Morgan fingerprint density at radius 3 is 2.67 bits per heavy atom. The van der Waals surface area contributed by atoms with Gasteiger partial charge in [0.2, 0.25) is 0 Å². The zero-order valence-electron chi connectivity index (χ0n) is 6.36. The van der Waals surface area contributed by atoms with Crippen molar-refractivity contribution in [2.24, 2.45) is 0 Å². The van der Waals surface area contributed by atoms with Crippen LogP contribution in [-0.4, -0.2) is 10.3 Å². The third-order valence-electron chi connectivity index (χ3n) is 1.38. The summed E-state index contributed by atoms with van der Waals surface area (Å²) in [7, 11) is 0. The van der Waals surface area contributed by atoms with Gasteiger partial charge in [-0.3, -0.25) is 0 Å². The van der Waals surface area contributed by atoms with E-state index in [1.807, 2.05) is 6.07 Å². The molecule has 0 aliphatic rings. The van der Waals surface area contributed by atoms with Gasteiger partial charge >= 0.3 is 0 Å². The molecule has 0 unspecified atom stereocenters. The molecule has 0 saturated heterocycles. The predicted molar refractivity (Wildman–Crippen MR) is 56.4 cm³/mol. The summed E-state index contributed by atoms with van der Waals surface area (Å²) in [6, 6.07) is 3.48. The van der Waals surface area contributed by atoms with Crippen LogP contribution < -0.4 is 0 Å². The Balaban J connectivity index is 2.72. The molecular formula is C8H8BrCl2N.